The maximum Gasteiger partial charge on any atom is 0.108 e. The summed E-state index contributed by atoms with van der Waals surface area (Å²) in [6, 6.07) is 12.3. The van der Waals surface area contributed by atoms with Crippen molar-refractivity contribution in [2.45, 2.75) is 27.2 Å². The van der Waals surface area contributed by atoms with Crippen LogP contribution in [0.5, 0.6) is 0 Å². The summed E-state index contributed by atoms with van der Waals surface area (Å²) in [7, 11) is 0. The first-order valence-corrected chi connectivity index (χ1v) is 6.60. The molecule has 0 amide bonds. The Kier molecular flexibility index (Phi) is 5.73. The van der Waals surface area contributed by atoms with Crippen LogP contribution in [0.1, 0.15) is 37.6 Å². The van der Waals surface area contributed by atoms with Gasteiger partial charge < -0.3 is 16.5 Å². The van der Waals surface area contributed by atoms with Crippen molar-refractivity contribution in [1.82, 2.24) is 4.98 Å². The number of anilines is 1. The largest absolute Gasteiger partial charge is 0.402 e. The molecule has 0 saturated carbocycles. The minimum Gasteiger partial charge on any atom is -0.402 e. The molecule has 1 heterocycles. The molecule has 2 rings (SSSR count). The van der Waals surface area contributed by atoms with E-state index in [2.05, 4.69) is 17.1 Å². The normalized spacial score (nSPS) is 10.8. The molecular formula is C16H23N3. The molecule has 0 aliphatic rings. The number of hydrogen-bond acceptors (Lipinski definition) is 2. The average molecular weight is 257 g/mol. The van der Waals surface area contributed by atoms with Crippen LogP contribution in [0.4, 0.5) is 5.82 Å². The predicted octanol–water partition coefficient (Wildman–Crippen LogP) is 3.53. The van der Waals surface area contributed by atoms with Gasteiger partial charge in [-0.2, -0.15) is 0 Å². The Bertz CT molecular complexity index is 520. The maximum absolute atomic E-state index is 5.89. The number of nitrogens with one attached hydrogen (secondary N) is 1. The standard InChI is InChI=1S/C14H17N3.C2H6/c1-10(15)7-12-9-13(17-14(12)16)8-11-5-3-2-4-6-11;1-2/h2-7,9,17H,8,15-16H2,1H3;1-2H3/b10-7-;. The molecule has 0 bridgehead atoms. The number of rotatable bonds is 3. The predicted molar refractivity (Wildman–Crippen MR) is 83.6 cm³/mol. The summed E-state index contributed by atoms with van der Waals surface area (Å²) in [5.74, 6) is 0.667. The van der Waals surface area contributed by atoms with Gasteiger partial charge in [-0.1, -0.05) is 44.2 Å². The van der Waals surface area contributed by atoms with Crippen molar-refractivity contribution in [3.63, 3.8) is 0 Å². The maximum atomic E-state index is 5.89. The Labute approximate surface area is 115 Å². The van der Waals surface area contributed by atoms with E-state index in [1.54, 1.807) is 0 Å². The van der Waals surface area contributed by atoms with E-state index in [-0.39, 0.29) is 0 Å². The Hall–Kier alpha value is -2.16. The molecule has 0 spiro atoms. The van der Waals surface area contributed by atoms with E-state index in [9.17, 15) is 0 Å². The monoisotopic (exact) mass is 257 g/mol. The summed E-state index contributed by atoms with van der Waals surface area (Å²) in [5, 5.41) is 0. The van der Waals surface area contributed by atoms with Gasteiger partial charge in [0.25, 0.3) is 0 Å². The van der Waals surface area contributed by atoms with Crippen LogP contribution >= 0.6 is 0 Å². The number of benzene rings is 1. The van der Waals surface area contributed by atoms with E-state index in [4.69, 9.17) is 11.5 Å². The van der Waals surface area contributed by atoms with Gasteiger partial charge in [0.05, 0.1) is 0 Å². The number of aromatic amines is 1. The highest BCUT2D eigenvalue weighted by atomic mass is 14.9. The molecule has 0 saturated heterocycles. The summed E-state index contributed by atoms with van der Waals surface area (Å²) < 4.78 is 0. The lowest BCUT2D eigenvalue weighted by Gasteiger charge is -1.97. The second-order valence-corrected chi connectivity index (χ2v) is 4.21. The van der Waals surface area contributed by atoms with E-state index in [0.29, 0.717) is 5.82 Å². The van der Waals surface area contributed by atoms with Crippen LogP contribution in [0, 0.1) is 0 Å². The smallest absolute Gasteiger partial charge is 0.108 e. The quantitative estimate of drug-likeness (QED) is 0.787. The number of H-pyrrole nitrogens is 1. The summed E-state index contributed by atoms with van der Waals surface area (Å²) in [6.07, 6.45) is 2.73. The number of allylic oxidation sites excluding steroid dienone is 1. The molecule has 1 aromatic heterocycles. The molecule has 0 radical (unpaired) electrons. The Morgan fingerprint density at radius 3 is 2.42 bits per heavy atom. The zero-order valence-electron chi connectivity index (χ0n) is 11.9. The zero-order valence-corrected chi connectivity index (χ0v) is 11.9. The van der Waals surface area contributed by atoms with Crippen LogP contribution in [-0.4, -0.2) is 4.98 Å². The van der Waals surface area contributed by atoms with Crippen molar-refractivity contribution in [3.05, 3.63) is 58.9 Å². The molecule has 1 aromatic carbocycles. The average Bonchev–Trinajstić information content (AvgIpc) is 2.72. The number of hydrogen-bond donors (Lipinski definition) is 3. The fourth-order valence-corrected chi connectivity index (χ4v) is 1.82. The van der Waals surface area contributed by atoms with Gasteiger partial charge in [-0.3, -0.25) is 0 Å². The third-order valence-corrected chi connectivity index (χ3v) is 2.56. The van der Waals surface area contributed by atoms with Crippen LogP contribution in [0.2, 0.25) is 0 Å². The number of nitrogen functional groups attached to an aromatic ring is 1. The molecular weight excluding hydrogens is 234 g/mol. The van der Waals surface area contributed by atoms with E-state index in [1.165, 1.54) is 5.56 Å². The lowest BCUT2D eigenvalue weighted by molar-refractivity contribution is 1.11. The van der Waals surface area contributed by atoms with Crippen molar-refractivity contribution in [2.24, 2.45) is 5.73 Å². The van der Waals surface area contributed by atoms with Gasteiger partial charge in [-0.15, -0.1) is 0 Å². The summed E-state index contributed by atoms with van der Waals surface area (Å²) in [4.78, 5) is 3.18. The van der Waals surface area contributed by atoms with Crippen molar-refractivity contribution >= 4 is 11.9 Å². The van der Waals surface area contributed by atoms with Crippen molar-refractivity contribution < 1.29 is 0 Å². The molecule has 5 N–H and O–H groups in total. The molecule has 3 heteroatoms. The molecule has 0 aliphatic carbocycles. The minimum atomic E-state index is 0.667. The SMILES string of the molecule is C/C(N)=C/c1cc(Cc2ccccc2)[nH]c1N.CC. The highest BCUT2D eigenvalue weighted by molar-refractivity contribution is 5.64. The highest BCUT2D eigenvalue weighted by Gasteiger charge is 2.03. The summed E-state index contributed by atoms with van der Waals surface area (Å²) in [5.41, 5.74) is 15.6. The molecule has 19 heavy (non-hydrogen) atoms. The second-order valence-electron chi connectivity index (χ2n) is 4.21. The molecule has 0 fully saturated rings. The minimum absolute atomic E-state index is 0.667. The molecule has 0 aliphatic heterocycles. The van der Waals surface area contributed by atoms with Gasteiger partial charge in [0.15, 0.2) is 0 Å². The van der Waals surface area contributed by atoms with Crippen LogP contribution in [0.15, 0.2) is 42.1 Å². The highest BCUT2D eigenvalue weighted by Crippen LogP contribution is 2.18. The molecule has 102 valence electrons. The summed E-state index contributed by atoms with van der Waals surface area (Å²) in [6.45, 7) is 5.85. The van der Waals surface area contributed by atoms with Crippen molar-refractivity contribution in [3.8, 4) is 0 Å². The molecule has 0 unspecified atom stereocenters. The van der Waals surface area contributed by atoms with Gasteiger partial charge in [-0.25, -0.2) is 0 Å². The third-order valence-electron chi connectivity index (χ3n) is 2.56. The lowest BCUT2D eigenvalue weighted by Crippen LogP contribution is -1.92. The zero-order chi connectivity index (χ0) is 14.3. The van der Waals surface area contributed by atoms with Gasteiger partial charge in [0, 0.05) is 23.4 Å². The van der Waals surface area contributed by atoms with Crippen molar-refractivity contribution in [1.29, 1.82) is 0 Å². The second kappa shape index (κ2) is 7.31. The van der Waals surface area contributed by atoms with Gasteiger partial charge >= 0.3 is 0 Å². The topological polar surface area (TPSA) is 67.8 Å². The van der Waals surface area contributed by atoms with Gasteiger partial charge in [0.1, 0.15) is 5.82 Å². The first-order chi connectivity index (χ1) is 9.15. The Morgan fingerprint density at radius 2 is 1.84 bits per heavy atom. The first kappa shape index (κ1) is 14.9. The molecule has 0 atom stereocenters. The van der Waals surface area contributed by atoms with Crippen LogP contribution in [0.25, 0.3) is 6.08 Å². The Morgan fingerprint density at radius 1 is 1.21 bits per heavy atom. The fraction of sp³-hybridized carbons (Fsp3) is 0.250. The van der Waals surface area contributed by atoms with E-state index in [1.807, 2.05) is 51.1 Å². The van der Waals surface area contributed by atoms with Gasteiger partial charge in [-0.05, 0) is 24.6 Å². The number of nitrogens with two attached hydrogens (primary N) is 2. The van der Waals surface area contributed by atoms with Crippen LogP contribution in [0.3, 0.4) is 0 Å². The lowest BCUT2D eigenvalue weighted by atomic mass is 10.1. The van der Waals surface area contributed by atoms with E-state index >= 15 is 0 Å². The van der Waals surface area contributed by atoms with E-state index in [0.717, 1.165) is 23.4 Å². The molecule has 2 aromatic rings. The fourth-order valence-electron chi connectivity index (χ4n) is 1.82. The summed E-state index contributed by atoms with van der Waals surface area (Å²) >= 11 is 0. The molecule has 3 nitrogen and oxygen atoms in total. The Balaban J connectivity index is 0.000000861. The third kappa shape index (κ3) is 4.54. The van der Waals surface area contributed by atoms with Crippen LogP contribution in [-0.2, 0) is 6.42 Å². The van der Waals surface area contributed by atoms with Crippen LogP contribution < -0.4 is 11.5 Å². The van der Waals surface area contributed by atoms with Crippen molar-refractivity contribution in [2.75, 3.05) is 5.73 Å². The number of aromatic nitrogens is 1. The van der Waals surface area contributed by atoms with Gasteiger partial charge in [0.2, 0.25) is 0 Å². The first-order valence-electron chi connectivity index (χ1n) is 6.60. The van der Waals surface area contributed by atoms with E-state index < -0.39 is 0 Å².